The minimum atomic E-state index is -0.174. The molecule has 0 spiro atoms. The molecule has 30 nitrogen and oxygen atoms in total. The molecule has 0 aliphatic carbocycles. The second-order valence-electron chi connectivity index (χ2n) is 23.0. The number of nitrogens with zero attached hydrogens (tertiary/aromatic N) is 18. The average molecular weight is 1280 g/mol. The van der Waals surface area contributed by atoms with Gasteiger partial charge in [-0.1, -0.05) is 24.3 Å². The first-order chi connectivity index (χ1) is 46.3. The lowest BCUT2D eigenvalue weighted by atomic mass is 10.1. The lowest BCUT2D eigenvalue weighted by Gasteiger charge is -2.42. The van der Waals surface area contributed by atoms with Crippen LogP contribution in [-0.2, 0) is 18.9 Å². The van der Waals surface area contributed by atoms with Crippen LogP contribution in [-0.4, -0.2) is 261 Å². The van der Waals surface area contributed by atoms with E-state index in [0.29, 0.717) is 125 Å². The highest BCUT2D eigenvalue weighted by atomic mass is 16.5. The van der Waals surface area contributed by atoms with Crippen LogP contribution in [0.5, 0.6) is 23.5 Å². The number of nitrogens with two attached hydrogens (primary N) is 2. The molecular formula is C64H76N22O8. The van der Waals surface area contributed by atoms with E-state index in [0.717, 1.165) is 65.4 Å². The molecule has 14 rings (SSSR count). The minimum absolute atomic E-state index is 0.000377. The van der Waals surface area contributed by atoms with Crippen molar-refractivity contribution in [2.24, 2.45) is 31.4 Å². The van der Waals surface area contributed by atoms with E-state index in [4.69, 9.17) is 89.7 Å². The molecule has 30 heteroatoms. The molecule has 0 amide bonds. The minimum Gasteiger partial charge on any atom is -0.475 e. The summed E-state index contributed by atoms with van der Waals surface area (Å²) in [7, 11) is 0. The predicted molar refractivity (Wildman–Crippen MR) is 353 cm³/mol. The molecule has 0 bridgehead atoms. The summed E-state index contributed by atoms with van der Waals surface area (Å²) in [4.78, 5) is 31.2. The highest BCUT2D eigenvalue weighted by Crippen LogP contribution is 2.40. The maximum atomic E-state index is 10.2. The maximum Gasteiger partial charge on any atom is 0.260 e. The number of ether oxygens (including phenoxy) is 8. The Morgan fingerprint density at radius 2 is 0.649 bits per heavy atom. The van der Waals surface area contributed by atoms with Gasteiger partial charge in [-0.3, -0.25) is 30.4 Å². The van der Waals surface area contributed by atoms with Crippen molar-refractivity contribution in [3.05, 3.63) is 121 Å². The zero-order chi connectivity index (χ0) is 63.7. The lowest BCUT2D eigenvalue weighted by molar-refractivity contribution is 0.0319. The van der Waals surface area contributed by atoms with Crippen molar-refractivity contribution >= 4 is 79.6 Å². The molecule has 0 atom stereocenters. The third-order valence-corrected chi connectivity index (χ3v) is 16.8. The zero-order valence-electron chi connectivity index (χ0n) is 52.2. The third-order valence-electron chi connectivity index (χ3n) is 16.8. The topological polar surface area (TPSA) is 312 Å². The van der Waals surface area contributed by atoms with Crippen LogP contribution < -0.4 is 30.4 Å². The monoisotopic (exact) mass is 1280 g/mol. The van der Waals surface area contributed by atoms with Crippen LogP contribution in [0.1, 0.15) is 12.8 Å². The van der Waals surface area contributed by atoms with Crippen molar-refractivity contribution in [2.45, 2.75) is 12.8 Å². The number of nitrogens with one attached hydrogen (secondary N) is 2. The average Bonchev–Trinajstić information content (AvgIpc) is 0.973. The summed E-state index contributed by atoms with van der Waals surface area (Å²) < 4.78 is 55.9. The number of aromatic nitrogens is 8. The number of fused-ring (bicyclic) bond motifs is 4. The smallest absolute Gasteiger partial charge is 0.260 e. The highest BCUT2D eigenvalue weighted by molar-refractivity contribution is 6.54. The van der Waals surface area contributed by atoms with Gasteiger partial charge in [0.15, 0.2) is 46.1 Å². The Kier molecular flexibility index (Phi) is 18.9. The summed E-state index contributed by atoms with van der Waals surface area (Å²) in [6.45, 7) is 15.4. The Morgan fingerprint density at radius 3 is 0.957 bits per heavy atom. The van der Waals surface area contributed by atoms with Gasteiger partial charge < -0.3 is 49.4 Å². The van der Waals surface area contributed by atoms with E-state index < -0.39 is 0 Å². The number of hydrogen-bond acceptors (Lipinski definition) is 24. The van der Waals surface area contributed by atoms with Crippen molar-refractivity contribution in [3.8, 4) is 23.5 Å². The Balaban J connectivity index is 0.976. The van der Waals surface area contributed by atoms with Crippen LogP contribution in [0.25, 0.3) is 22.1 Å². The number of hydrogen-bond donors (Lipinski definition) is 4. The number of morpholine rings is 4. The summed E-state index contributed by atoms with van der Waals surface area (Å²) in [6, 6.07) is 22.5. The standard InChI is InChI=1S/C64H76N22O8/c65-45-43-46(66)58(70-54-50-12-2-6-18-82(50)74-62(54)92-32-10-16-78-23-35-88-36-24-78)85(57(45)69-53-49-11-1-5-17-81(49)73-61(53)91-31-9-15-77-21-33-87-34-22-77)86-59(71-55-51-13-3-7-19-83(51)75-63(55)93-41-29-79-25-37-89-38-26-79)47(67)44-48(68)60(86)72-56-52-14-4-8-20-84(52)76-64(56)94-42-30-80-27-39-90-40-28-80/h1-8,11-14,17-20,43-44,65,67H,9-10,15-16,21-42,66,68H2. The molecule has 14 heterocycles. The van der Waals surface area contributed by atoms with Crippen LogP contribution in [0.3, 0.4) is 0 Å². The number of pyridine rings is 4. The van der Waals surface area contributed by atoms with Gasteiger partial charge in [-0.2, -0.15) is 0 Å². The van der Waals surface area contributed by atoms with Gasteiger partial charge in [0.05, 0.1) is 99.5 Å². The van der Waals surface area contributed by atoms with Gasteiger partial charge in [-0.05, 0) is 73.5 Å². The fourth-order valence-electron chi connectivity index (χ4n) is 11.9. The molecule has 0 saturated carbocycles. The molecule has 6 aliphatic rings. The molecule has 4 fully saturated rings. The molecule has 0 radical (unpaired) electrons. The fourth-order valence-corrected chi connectivity index (χ4v) is 11.9. The largest absolute Gasteiger partial charge is 0.475 e. The Hall–Kier alpha value is -9.66. The zero-order valence-corrected chi connectivity index (χ0v) is 52.2. The van der Waals surface area contributed by atoms with Gasteiger partial charge in [0.25, 0.3) is 23.5 Å². The molecular weight excluding hydrogens is 1200 g/mol. The maximum absolute atomic E-state index is 10.2. The quantitative estimate of drug-likeness (QED) is 0.0645. The van der Waals surface area contributed by atoms with Crippen molar-refractivity contribution in [1.29, 1.82) is 10.8 Å². The van der Waals surface area contributed by atoms with Gasteiger partial charge in [-0.15, -0.1) is 20.4 Å². The van der Waals surface area contributed by atoms with Crippen molar-refractivity contribution in [3.63, 3.8) is 0 Å². The summed E-state index contributed by atoms with van der Waals surface area (Å²) in [5.74, 6) is 0.674. The van der Waals surface area contributed by atoms with E-state index in [9.17, 15) is 10.8 Å². The van der Waals surface area contributed by atoms with Gasteiger partial charge >= 0.3 is 0 Å². The molecule has 6 N–H and O–H groups in total. The molecule has 8 aromatic heterocycles. The van der Waals surface area contributed by atoms with Crippen LogP contribution in [0.15, 0.2) is 141 Å². The SMILES string of the molecule is N=C1C=C(N)C(=Nc2c(OCCCN3CCOCC3)nn3ccccc23)N(N2C(=Nc3c(OCCN4CCOCC4)nn4ccccc34)C(=N)C=C(N)C2=Nc2c(OCCN3CCOCC3)nn3ccccc23)C1=Nc1c(OCCCN2CCOCC2)nn2ccccc12. The van der Waals surface area contributed by atoms with E-state index in [2.05, 4.69) is 19.6 Å². The van der Waals surface area contributed by atoms with Crippen molar-refractivity contribution < 1.29 is 37.9 Å². The third kappa shape index (κ3) is 13.6. The Morgan fingerprint density at radius 1 is 0.372 bits per heavy atom. The number of rotatable bonds is 23. The van der Waals surface area contributed by atoms with Crippen LogP contribution in [0, 0.1) is 10.8 Å². The summed E-state index contributed by atoms with van der Waals surface area (Å²) in [6.07, 6.45) is 11.6. The normalized spacial score (nSPS) is 20.3. The molecule has 4 saturated heterocycles. The first-order valence-corrected chi connectivity index (χ1v) is 32.0. The van der Waals surface area contributed by atoms with Crippen LogP contribution in [0.4, 0.5) is 22.7 Å². The first-order valence-electron chi connectivity index (χ1n) is 32.0. The predicted octanol–water partition coefficient (Wildman–Crippen LogP) is 4.39. The second kappa shape index (κ2) is 28.7. The van der Waals surface area contributed by atoms with Crippen molar-refractivity contribution in [1.82, 2.24) is 68.1 Å². The van der Waals surface area contributed by atoms with Crippen LogP contribution in [0.2, 0.25) is 0 Å². The summed E-state index contributed by atoms with van der Waals surface area (Å²) in [5.41, 5.74) is 17.9. The van der Waals surface area contributed by atoms with E-state index in [1.807, 2.05) is 91.4 Å². The molecule has 0 aromatic carbocycles. The number of aliphatic imine (C=N–C) groups is 4. The Bertz CT molecular complexity index is 4240. The molecule has 490 valence electrons. The Labute approximate surface area is 541 Å². The van der Waals surface area contributed by atoms with Gasteiger partial charge in [-0.25, -0.2) is 48.0 Å². The summed E-state index contributed by atoms with van der Waals surface area (Å²) >= 11 is 0. The van der Waals surface area contributed by atoms with E-state index in [1.165, 1.54) is 22.2 Å². The lowest BCUT2D eigenvalue weighted by Crippen LogP contribution is -2.63. The molecule has 94 heavy (non-hydrogen) atoms. The first kappa shape index (κ1) is 61.8. The highest BCUT2D eigenvalue weighted by Gasteiger charge is 2.43. The number of amidine groups is 4. The molecule has 8 aromatic rings. The van der Waals surface area contributed by atoms with Gasteiger partial charge in [0, 0.05) is 103 Å². The van der Waals surface area contributed by atoms with E-state index in [1.54, 1.807) is 24.3 Å². The number of hydrazine groups is 1. The van der Waals surface area contributed by atoms with Gasteiger partial charge in [0.2, 0.25) is 0 Å². The van der Waals surface area contributed by atoms with E-state index in [-0.39, 0.29) is 94.3 Å². The van der Waals surface area contributed by atoms with Crippen LogP contribution >= 0.6 is 0 Å². The summed E-state index contributed by atoms with van der Waals surface area (Å²) in [5, 5.41) is 43.2. The molecule has 0 unspecified atom stereocenters. The fraction of sp³-hybridized carbons (Fsp3) is 0.406. The van der Waals surface area contributed by atoms with E-state index >= 15 is 0 Å². The molecule has 6 aliphatic heterocycles. The van der Waals surface area contributed by atoms with Crippen molar-refractivity contribution in [2.75, 3.05) is 158 Å². The van der Waals surface area contributed by atoms with Gasteiger partial charge in [0.1, 0.15) is 24.6 Å². The second-order valence-corrected chi connectivity index (χ2v) is 23.0.